The summed E-state index contributed by atoms with van der Waals surface area (Å²) in [5, 5.41) is 12.5. The number of aromatic hydroxyl groups is 1. The average molecular weight is 437 g/mol. The average Bonchev–Trinajstić information content (AvgIpc) is 2.69. The van der Waals surface area contributed by atoms with Gasteiger partial charge in [-0.1, -0.05) is 13.3 Å². The highest BCUT2D eigenvalue weighted by Crippen LogP contribution is 2.24. The summed E-state index contributed by atoms with van der Waals surface area (Å²) in [6, 6.07) is 0.718. The molecule has 2 amide bonds. The van der Waals surface area contributed by atoms with Crippen LogP contribution in [-0.4, -0.2) is 39.0 Å². The molecule has 0 aliphatic carbocycles. The Kier molecular flexibility index (Phi) is 6.37. The van der Waals surface area contributed by atoms with E-state index in [1.54, 1.807) is 4.90 Å². The zero-order valence-corrected chi connectivity index (χ0v) is 17.0. The van der Waals surface area contributed by atoms with E-state index in [0.717, 1.165) is 19.0 Å². The molecule has 0 radical (unpaired) electrons. The van der Waals surface area contributed by atoms with Crippen LogP contribution < -0.4 is 10.7 Å². The molecule has 0 fully saturated rings. The fourth-order valence-corrected chi connectivity index (χ4v) is 3.55. The summed E-state index contributed by atoms with van der Waals surface area (Å²) in [7, 11) is 0. The van der Waals surface area contributed by atoms with Crippen LogP contribution in [0.5, 0.6) is 5.75 Å². The highest BCUT2D eigenvalue weighted by Gasteiger charge is 2.34. The van der Waals surface area contributed by atoms with Crippen molar-refractivity contribution in [3.63, 3.8) is 0 Å². The molecule has 2 N–H and O–H groups in total. The molecule has 1 unspecified atom stereocenters. The summed E-state index contributed by atoms with van der Waals surface area (Å²) < 4.78 is 41.9. The number of hydrogen-bond acceptors (Lipinski definition) is 4. The van der Waals surface area contributed by atoms with E-state index in [-0.39, 0.29) is 18.3 Å². The maximum atomic E-state index is 13.8. The second-order valence-electron chi connectivity index (χ2n) is 7.45. The predicted molar refractivity (Wildman–Crippen MR) is 105 cm³/mol. The van der Waals surface area contributed by atoms with Crippen LogP contribution in [0.4, 0.5) is 13.2 Å². The quantitative estimate of drug-likeness (QED) is 0.727. The number of hydrogen-bond donors (Lipinski definition) is 2. The Morgan fingerprint density at radius 2 is 1.87 bits per heavy atom. The third-order valence-corrected chi connectivity index (χ3v) is 5.24. The van der Waals surface area contributed by atoms with E-state index in [9.17, 15) is 32.7 Å². The summed E-state index contributed by atoms with van der Waals surface area (Å²) in [5.41, 5.74) is -2.33. The molecule has 10 heteroatoms. The minimum atomic E-state index is -1.19. The van der Waals surface area contributed by atoms with Crippen molar-refractivity contribution in [3.8, 4) is 5.75 Å². The second-order valence-corrected chi connectivity index (χ2v) is 7.45. The van der Waals surface area contributed by atoms with Crippen molar-refractivity contribution in [1.29, 1.82) is 0 Å². The molecule has 1 aromatic carbocycles. The first kappa shape index (κ1) is 22.4. The van der Waals surface area contributed by atoms with Crippen molar-refractivity contribution in [2.24, 2.45) is 0 Å². The van der Waals surface area contributed by atoms with Gasteiger partial charge in [-0.05, 0) is 13.3 Å². The summed E-state index contributed by atoms with van der Waals surface area (Å²) >= 11 is 0. The number of unbranched alkanes of at least 4 members (excludes halogenated alkanes) is 1. The van der Waals surface area contributed by atoms with Crippen LogP contribution in [0.15, 0.2) is 23.1 Å². The van der Waals surface area contributed by atoms with E-state index in [2.05, 4.69) is 5.32 Å². The first-order valence-electron chi connectivity index (χ1n) is 9.84. The largest absolute Gasteiger partial charge is 0.503 e. The Morgan fingerprint density at radius 1 is 1.23 bits per heavy atom. The van der Waals surface area contributed by atoms with Crippen LogP contribution in [-0.2, 0) is 13.1 Å². The number of nitrogens with zero attached hydrogens (tertiary/aromatic N) is 2. The van der Waals surface area contributed by atoms with Gasteiger partial charge in [0.05, 0.1) is 0 Å². The van der Waals surface area contributed by atoms with Crippen molar-refractivity contribution >= 4 is 11.8 Å². The third kappa shape index (κ3) is 4.28. The minimum Gasteiger partial charge on any atom is -0.503 e. The van der Waals surface area contributed by atoms with Crippen LogP contribution in [0.2, 0.25) is 0 Å². The lowest BCUT2D eigenvalue weighted by Gasteiger charge is -2.36. The topological polar surface area (TPSA) is 91.6 Å². The van der Waals surface area contributed by atoms with Crippen LogP contribution in [0.25, 0.3) is 0 Å². The molecule has 2 aromatic rings. The molecule has 1 atom stereocenters. The summed E-state index contributed by atoms with van der Waals surface area (Å²) in [6.07, 6.45) is 2.78. The number of carbonyl (C=O) groups is 2. The van der Waals surface area contributed by atoms with Crippen molar-refractivity contribution < 1.29 is 27.9 Å². The number of benzene rings is 1. The minimum absolute atomic E-state index is 0.202. The van der Waals surface area contributed by atoms with Crippen LogP contribution >= 0.6 is 0 Å². The fourth-order valence-electron chi connectivity index (χ4n) is 3.55. The van der Waals surface area contributed by atoms with Gasteiger partial charge < -0.3 is 19.9 Å². The zero-order valence-electron chi connectivity index (χ0n) is 17.0. The molecule has 0 saturated carbocycles. The van der Waals surface area contributed by atoms with Crippen molar-refractivity contribution in [2.75, 3.05) is 6.54 Å². The molecule has 2 heterocycles. The maximum Gasteiger partial charge on any atom is 0.274 e. The van der Waals surface area contributed by atoms with E-state index >= 15 is 0 Å². The SMILES string of the molecule is CCCCN1C(=O)c2c(O)c(=O)c(C(=O)NCc3c(F)cc(F)cc3F)cn2CC1C. The number of pyridine rings is 1. The standard InChI is InChI=1S/C21H22F3N3O4/c1-3-4-5-27-11(2)9-26-10-14(18(28)19(29)17(26)21(27)31)20(30)25-8-13-15(23)6-12(22)7-16(13)24/h6-7,10-11,29H,3-5,8-9H2,1-2H3,(H,25,30). The Morgan fingerprint density at radius 3 is 2.48 bits per heavy atom. The molecule has 0 spiro atoms. The number of aromatic nitrogens is 1. The summed E-state index contributed by atoms with van der Waals surface area (Å²) in [5.74, 6) is -5.83. The molecular formula is C21H22F3N3O4. The lowest BCUT2D eigenvalue weighted by Crippen LogP contribution is -2.48. The second kappa shape index (κ2) is 8.83. The van der Waals surface area contributed by atoms with Gasteiger partial charge in [-0.2, -0.15) is 0 Å². The van der Waals surface area contributed by atoms with E-state index in [4.69, 9.17) is 0 Å². The first-order chi connectivity index (χ1) is 14.6. The predicted octanol–water partition coefficient (Wildman–Crippen LogP) is 2.55. The zero-order chi connectivity index (χ0) is 22.9. The Labute approximate surface area is 176 Å². The third-order valence-electron chi connectivity index (χ3n) is 5.24. The fraction of sp³-hybridized carbons (Fsp3) is 0.381. The molecule has 166 valence electrons. The molecular weight excluding hydrogens is 415 g/mol. The molecule has 1 aliphatic heterocycles. The summed E-state index contributed by atoms with van der Waals surface area (Å²) in [4.78, 5) is 39.4. The number of fused-ring (bicyclic) bond motifs is 1. The van der Waals surface area contributed by atoms with Gasteiger partial charge in [-0.3, -0.25) is 14.4 Å². The highest BCUT2D eigenvalue weighted by atomic mass is 19.1. The number of halogens is 3. The molecule has 3 rings (SSSR count). The van der Waals surface area contributed by atoms with Crippen molar-refractivity contribution in [3.05, 3.63) is 62.8 Å². The van der Waals surface area contributed by atoms with Crippen molar-refractivity contribution in [1.82, 2.24) is 14.8 Å². The molecule has 1 aromatic heterocycles. The number of nitrogens with one attached hydrogen (secondary N) is 1. The van der Waals surface area contributed by atoms with E-state index in [0.29, 0.717) is 18.7 Å². The lowest BCUT2D eigenvalue weighted by atomic mass is 10.1. The molecule has 31 heavy (non-hydrogen) atoms. The Bertz CT molecular complexity index is 1080. The van der Waals surface area contributed by atoms with Gasteiger partial charge in [0.1, 0.15) is 23.0 Å². The van der Waals surface area contributed by atoms with Gasteiger partial charge in [-0.25, -0.2) is 13.2 Å². The van der Waals surface area contributed by atoms with Crippen LogP contribution in [0.3, 0.4) is 0 Å². The van der Waals surface area contributed by atoms with Crippen LogP contribution in [0.1, 0.15) is 53.1 Å². The van der Waals surface area contributed by atoms with E-state index < -0.39 is 58.1 Å². The monoisotopic (exact) mass is 437 g/mol. The molecule has 7 nitrogen and oxygen atoms in total. The number of amides is 2. The Balaban J connectivity index is 1.88. The van der Waals surface area contributed by atoms with Gasteiger partial charge >= 0.3 is 0 Å². The van der Waals surface area contributed by atoms with Gasteiger partial charge in [-0.15, -0.1) is 0 Å². The molecule has 0 bridgehead atoms. The van der Waals surface area contributed by atoms with E-state index in [1.165, 1.54) is 4.57 Å². The van der Waals surface area contributed by atoms with Crippen LogP contribution in [0, 0.1) is 17.5 Å². The van der Waals surface area contributed by atoms with Crippen molar-refractivity contribution in [2.45, 2.75) is 45.8 Å². The van der Waals surface area contributed by atoms with Gasteiger partial charge in [0.2, 0.25) is 5.43 Å². The highest BCUT2D eigenvalue weighted by molar-refractivity contribution is 5.99. The molecule has 1 aliphatic rings. The number of carbonyl (C=O) groups excluding carboxylic acids is 2. The van der Waals surface area contributed by atoms with Gasteiger partial charge in [0.25, 0.3) is 11.8 Å². The molecule has 0 saturated heterocycles. The lowest BCUT2D eigenvalue weighted by molar-refractivity contribution is 0.0601. The van der Waals surface area contributed by atoms with E-state index in [1.807, 2.05) is 13.8 Å². The smallest absolute Gasteiger partial charge is 0.274 e. The van der Waals surface area contributed by atoms with Gasteiger partial charge in [0, 0.05) is 49.6 Å². The first-order valence-corrected chi connectivity index (χ1v) is 9.84. The summed E-state index contributed by atoms with van der Waals surface area (Å²) in [6.45, 7) is 3.87. The Hall–Kier alpha value is -3.30. The number of rotatable bonds is 6. The maximum absolute atomic E-state index is 13.8. The van der Waals surface area contributed by atoms with Gasteiger partial charge in [0.15, 0.2) is 11.4 Å². The normalized spacial score (nSPS) is 15.7.